The molecule has 0 unspecified atom stereocenters. The molecular weight excluding hydrogens is 226 g/mol. The minimum Gasteiger partial charge on any atom is -0.328 e. The molecule has 1 amide bonds. The van der Waals surface area contributed by atoms with Crippen LogP contribution in [0.3, 0.4) is 0 Å². The van der Waals surface area contributed by atoms with Crippen LogP contribution in [0.4, 0.5) is 5.13 Å². The van der Waals surface area contributed by atoms with Gasteiger partial charge in [0.25, 0.3) is 0 Å². The number of nitrogens with one attached hydrogen (secondary N) is 1. The zero-order valence-electron chi connectivity index (χ0n) is 8.93. The number of piperidine rings is 1. The van der Waals surface area contributed by atoms with Gasteiger partial charge in [-0.05, 0) is 12.8 Å². The first-order valence-corrected chi connectivity index (χ1v) is 6.16. The number of nitrogens with zero attached hydrogens (tertiary/aromatic N) is 3. The summed E-state index contributed by atoms with van der Waals surface area (Å²) < 4.78 is 0. The van der Waals surface area contributed by atoms with E-state index in [9.17, 15) is 4.79 Å². The van der Waals surface area contributed by atoms with Gasteiger partial charge in [0.1, 0.15) is 5.51 Å². The molecule has 1 aromatic rings. The number of rotatable bonds is 3. The van der Waals surface area contributed by atoms with Gasteiger partial charge in [0.05, 0.1) is 6.54 Å². The predicted molar refractivity (Wildman–Crippen MR) is 62.2 cm³/mol. The highest BCUT2D eigenvalue weighted by atomic mass is 32.1. The molecule has 1 aliphatic heterocycles. The summed E-state index contributed by atoms with van der Waals surface area (Å²) in [6, 6.07) is 0.294. The number of aromatic nitrogens is 2. The number of nitrogens with two attached hydrogens (primary N) is 1. The van der Waals surface area contributed by atoms with E-state index < -0.39 is 0 Å². The van der Waals surface area contributed by atoms with Crippen LogP contribution in [0.25, 0.3) is 0 Å². The van der Waals surface area contributed by atoms with Gasteiger partial charge in [-0.3, -0.25) is 15.0 Å². The largest absolute Gasteiger partial charge is 0.328 e. The summed E-state index contributed by atoms with van der Waals surface area (Å²) in [6.07, 6.45) is 1.93. The van der Waals surface area contributed by atoms with Crippen molar-refractivity contribution in [1.82, 2.24) is 15.1 Å². The Morgan fingerprint density at radius 2 is 2.38 bits per heavy atom. The van der Waals surface area contributed by atoms with Crippen molar-refractivity contribution in [2.24, 2.45) is 5.73 Å². The number of hydrogen-bond donors (Lipinski definition) is 2. The van der Waals surface area contributed by atoms with Crippen LogP contribution in [0.5, 0.6) is 0 Å². The highest BCUT2D eigenvalue weighted by Gasteiger charge is 2.18. The molecule has 0 saturated carbocycles. The maximum Gasteiger partial charge on any atom is 0.240 e. The number of amides is 1. The molecule has 0 aliphatic carbocycles. The molecule has 3 N–H and O–H groups in total. The van der Waals surface area contributed by atoms with Crippen LogP contribution in [0.15, 0.2) is 5.51 Å². The molecule has 0 atom stereocenters. The number of carbonyl (C=O) groups is 1. The van der Waals surface area contributed by atoms with Crippen molar-refractivity contribution in [3.05, 3.63) is 5.51 Å². The van der Waals surface area contributed by atoms with E-state index in [1.807, 2.05) is 0 Å². The standard InChI is InChI=1S/C9H15N5OS/c10-7-1-3-14(4-2-7)5-8(15)12-9-13-11-6-16-9/h6-7H,1-5,10H2,(H,12,13,15). The van der Waals surface area contributed by atoms with Crippen LogP contribution in [0.2, 0.25) is 0 Å². The molecule has 1 aromatic heterocycles. The Labute approximate surface area is 97.8 Å². The molecule has 2 heterocycles. The third-order valence-electron chi connectivity index (χ3n) is 2.61. The smallest absolute Gasteiger partial charge is 0.240 e. The number of carbonyl (C=O) groups excluding carboxylic acids is 1. The molecule has 88 valence electrons. The fraction of sp³-hybridized carbons (Fsp3) is 0.667. The maximum atomic E-state index is 11.6. The van der Waals surface area contributed by atoms with Gasteiger partial charge in [-0.15, -0.1) is 10.2 Å². The minimum atomic E-state index is -0.0350. The first kappa shape index (κ1) is 11.4. The third-order valence-corrected chi connectivity index (χ3v) is 3.21. The summed E-state index contributed by atoms with van der Waals surface area (Å²) in [7, 11) is 0. The Balaban J connectivity index is 1.75. The van der Waals surface area contributed by atoms with E-state index in [4.69, 9.17) is 5.73 Å². The number of likely N-dealkylation sites (tertiary alicyclic amines) is 1. The first-order valence-electron chi connectivity index (χ1n) is 5.28. The fourth-order valence-corrected chi connectivity index (χ4v) is 2.16. The van der Waals surface area contributed by atoms with Gasteiger partial charge in [-0.1, -0.05) is 11.3 Å². The zero-order chi connectivity index (χ0) is 11.4. The average Bonchev–Trinajstić information content (AvgIpc) is 2.74. The molecule has 1 fully saturated rings. The van der Waals surface area contributed by atoms with Crippen LogP contribution in [0, 0.1) is 0 Å². The van der Waals surface area contributed by atoms with Crippen molar-refractivity contribution in [3.8, 4) is 0 Å². The molecule has 2 rings (SSSR count). The van der Waals surface area contributed by atoms with E-state index in [0.717, 1.165) is 25.9 Å². The van der Waals surface area contributed by atoms with Crippen molar-refractivity contribution in [1.29, 1.82) is 0 Å². The normalized spacial score (nSPS) is 18.6. The van der Waals surface area contributed by atoms with Crippen LogP contribution in [0.1, 0.15) is 12.8 Å². The van der Waals surface area contributed by atoms with Crippen molar-refractivity contribution in [2.75, 3.05) is 25.0 Å². The van der Waals surface area contributed by atoms with Crippen LogP contribution in [-0.2, 0) is 4.79 Å². The molecule has 0 aromatic carbocycles. The first-order chi connectivity index (χ1) is 7.74. The maximum absolute atomic E-state index is 11.6. The fourth-order valence-electron chi connectivity index (χ4n) is 1.70. The molecule has 6 nitrogen and oxygen atoms in total. The summed E-state index contributed by atoms with van der Waals surface area (Å²) in [5.74, 6) is -0.0350. The van der Waals surface area contributed by atoms with Crippen LogP contribution in [-0.4, -0.2) is 46.7 Å². The van der Waals surface area contributed by atoms with Gasteiger partial charge in [0.2, 0.25) is 11.0 Å². The summed E-state index contributed by atoms with van der Waals surface area (Å²) in [4.78, 5) is 13.7. The number of anilines is 1. The summed E-state index contributed by atoms with van der Waals surface area (Å²) in [5, 5.41) is 10.7. The Kier molecular flexibility index (Phi) is 3.81. The highest BCUT2D eigenvalue weighted by molar-refractivity contribution is 7.13. The molecule has 1 aliphatic rings. The lowest BCUT2D eigenvalue weighted by Gasteiger charge is -2.29. The van der Waals surface area contributed by atoms with Crippen molar-refractivity contribution in [3.63, 3.8) is 0 Å². The Morgan fingerprint density at radius 1 is 1.62 bits per heavy atom. The van der Waals surface area contributed by atoms with E-state index in [-0.39, 0.29) is 5.91 Å². The second kappa shape index (κ2) is 5.33. The van der Waals surface area contributed by atoms with E-state index in [1.165, 1.54) is 11.3 Å². The number of hydrogen-bond acceptors (Lipinski definition) is 6. The lowest BCUT2D eigenvalue weighted by molar-refractivity contribution is -0.117. The third kappa shape index (κ3) is 3.22. The Bertz CT molecular complexity index is 334. The van der Waals surface area contributed by atoms with Crippen LogP contribution >= 0.6 is 11.3 Å². The van der Waals surface area contributed by atoms with Gasteiger partial charge in [-0.25, -0.2) is 0 Å². The van der Waals surface area contributed by atoms with Crippen molar-refractivity contribution < 1.29 is 4.79 Å². The van der Waals surface area contributed by atoms with Gasteiger partial charge in [0.15, 0.2) is 0 Å². The molecule has 0 radical (unpaired) electrons. The second-order valence-corrected chi connectivity index (χ2v) is 4.74. The quantitative estimate of drug-likeness (QED) is 0.772. The van der Waals surface area contributed by atoms with E-state index >= 15 is 0 Å². The SMILES string of the molecule is NC1CCN(CC(=O)Nc2nncs2)CC1. The van der Waals surface area contributed by atoms with Gasteiger partial charge in [-0.2, -0.15) is 0 Å². The molecule has 16 heavy (non-hydrogen) atoms. The summed E-state index contributed by atoms with van der Waals surface area (Å²) >= 11 is 1.32. The lowest BCUT2D eigenvalue weighted by Crippen LogP contribution is -2.43. The predicted octanol–water partition coefficient (Wildman–Crippen LogP) is -0.100. The van der Waals surface area contributed by atoms with E-state index in [2.05, 4.69) is 20.4 Å². The van der Waals surface area contributed by atoms with Gasteiger partial charge < -0.3 is 5.73 Å². The zero-order valence-corrected chi connectivity index (χ0v) is 9.74. The van der Waals surface area contributed by atoms with Crippen LogP contribution < -0.4 is 11.1 Å². The van der Waals surface area contributed by atoms with Gasteiger partial charge >= 0.3 is 0 Å². The molecular formula is C9H15N5OS. The Hall–Kier alpha value is -1.05. The highest BCUT2D eigenvalue weighted by Crippen LogP contribution is 2.10. The van der Waals surface area contributed by atoms with Crippen molar-refractivity contribution >= 4 is 22.4 Å². The molecule has 7 heteroatoms. The second-order valence-electron chi connectivity index (χ2n) is 3.91. The topological polar surface area (TPSA) is 84.1 Å². The monoisotopic (exact) mass is 241 g/mol. The lowest BCUT2D eigenvalue weighted by atomic mass is 10.1. The Morgan fingerprint density at radius 3 is 3.00 bits per heavy atom. The average molecular weight is 241 g/mol. The van der Waals surface area contributed by atoms with E-state index in [1.54, 1.807) is 5.51 Å². The van der Waals surface area contributed by atoms with Crippen molar-refractivity contribution in [2.45, 2.75) is 18.9 Å². The summed E-state index contributed by atoms with van der Waals surface area (Å²) in [5.41, 5.74) is 7.39. The molecule has 1 saturated heterocycles. The minimum absolute atomic E-state index is 0.0350. The van der Waals surface area contributed by atoms with E-state index in [0.29, 0.717) is 17.7 Å². The van der Waals surface area contributed by atoms with Gasteiger partial charge in [0, 0.05) is 19.1 Å². The summed E-state index contributed by atoms with van der Waals surface area (Å²) in [6.45, 7) is 2.20. The molecule has 0 bridgehead atoms. The molecule has 0 spiro atoms.